The van der Waals surface area contributed by atoms with Gasteiger partial charge in [0.1, 0.15) is 10.7 Å². The zero-order valence-electron chi connectivity index (χ0n) is 13.4. The molecule has 0 aromatic carbocycles. The van der Waals surface area contributed by atoms with Crippen molar-refractivity contribution in [2.24, 2.45) is 0 Å². The first-order valence-electron chi connectivity index (χ1n) is 6.99. The van der Waals surface area contributed by atoms with Gasteiger partial charge in [0.2, 0.25) is 10.0 Å². The fraction of sp³-hybridized carbons (Fsp3) is 0.643. The van der Waals surface area contributed by atoms with Gasteiger partial charge in [-0.05, 0) is 31.2 Å². The highest BCUT2D eigenvalue weighted by Crippen LogP contribution is 2.30. The second kappa shape index (κ2) is 7.47. The Balaban J connectivity index is 2.81. The summed E-state index contributed by atoms with van der Waals surface area (Å²) in [4.78, 5) is 4.42. The van der Waals surface area contributed by atoms with Crippen molar-refractivity contribution in [2.75, 3.05) is 32.2 Å². The molecular weight excluding hydrogens is 306 g/mol. The van der Waals surface area contributed by atoms with E-state index < -0.39 is 10.0 Å². The second-order valence-electron chi connectivity index (χ2n) is 5.11. The van der Waals surface area contributed by atoms with E-state index in [9.17, 15) is 8.42 Å². The van der Waals surface area contributed by atoms with Crippen molar-refractivity contribution in [1.82, 2.24) is 9.29 Å². The fourth-order valence-electron chi connectivity index (χ4n) is 1.96. The van der Waals surface area contributed by atoms with Crippen LogP contribution in [0.15, 0.2) is 23.2 Å². The third-order valence-electron chi connectivity index (χ3n) is 3.83. The lowest BCUT2D eigenvalue weighted by molar-refractivity contribution is 0.520. The van der Waals surface area contributed by atoms with Gasteiger partial charge in [-0.15, -0.1) is 0 Å². The van der Waals surface area contributed by atoms with Gasteiger partial charge in [-0.25, -0.2) is 17.7 Å². The summed E-state index contributed by atoms with van der Waals surface area (Å²) in [5, 5.41) is 3.31. The zero-order chi connectivity index (χ0) is 16.1. The Morgan fingerprint density at radius 2 is 1.90 bits per heavy atom. The molecule has 0 aliphatic heterocycles. The monoisotopic (exact) mass is 331 g/mol. The Kier molecular flexibility index (Phi) is 6.49. The SMILES string of the molecule is CCC(CC)(CNc1ccc(S(=O)(=O)N(C)C)cn1)SC. The van der Waals surface area contributed by atoms with Crippen LogP contribution in [0.25, 0.3) is 0 Å². The Morgan fingerprint density at radius 1 is 1.29 bits per heavy atom. The summed E-state index contributed by atoms with van der Waals surface area (Å²) in [6, 6.07) is 3.30. The molecular formula is C14H25N3O2S2. The van der Waals surface area contributed by atoms with Crippen LogP contribution in [0.5, 0.6) is 0 Å². The number of nitrogens with zero attached hydrogens (tertiary/aromatic N) is 2. The first kappa shape index (κ1) is 18.3. The normalized spacial score (nSPS) is 12.7. The molecule has 1 rings (SSSR count). The van der Waals surface area contributed by atoms with Gasteiger partial charge in [0, 0.05) is 31.6 Å². The summed E-state index contributed by atoms with van der Waals surface area (Å²) < 4.78 is 25.3. The van der Waals surface area contributed by atoms with Crippen LogP contribution >= 0.6 is 11.8 Å². The van der Waals surface area contributed by atoms with Gasteiger partial charge in [0.05, 0.1) is 0 Å². The summed E-state index contributed by atoms with van der Waals surface area (Å²) >= 11 is 1.86. The molecule has 0 radical (unpaired) electrons. The molecule has 0 saturated heterocycles. The maximum atomic E-state index is 12.0. The highest BCUT2D eigenvalue weighted by atomic mass is 32.2. The van der Waals surface area contributed by atoms with Crippen molar-refractivity contribution in [3.63, 3.8) is 0 Å². The first-order valence-corrected chi connectivity index (χ1v) is 9.65. The summed E-state index contributed by atoms with van der Waals surface area (Å²) in [5.41, 5.74) is 0. The molecule has 0 spiro atoms. The smallest absolute Gasteiger partial charge is 0.244 e. The molecule has 120 valence electrons. The number of rotatable bonds is 8. The highest BCUT2D eigenvalue weighted by Gasteiger charge is 2.24. The third kappa shape index (κ3) is 4.34. The maximum Gasteiger partial charge on any atom is 0.244 e. The molecule has 1 aromatic heterocycles. The molecule has 0 aliphatic carbocycles. The van der Waals surface area contributed by atoms with Gasteiger partial charge >= 0.3 is 0 Å². The summed E-state index contributed by atoms with van der Waals surface area (Å²) in [6.07, 6.45) is 5.67. The predicted octanol–water partition coefficient (Wildman–Crippen LogP) is 2.67. The average Bonchev–Trinajstić information content (AvgIpc) is 2.49. The molecule has 0 unspecified atom stereocenters. The molecule has 0 atom stereocenters. The van der Waals surface area contributed by atoms with E-state index in [1.165, 1.54) is 24.6 Å². The molecule has 1 N–H and O–H groups in total. The maximum absolute atomic E-state index is 12.0. The van der Waals surface area contributed by atoms with Crippen molar-refractivity contribution >= 4 is 27.6 Å². The van der Waals surface area contributed by atoms with E-state index >= 15 is 0 Å². The number of aromatic nitrogens is 1. The molecule has 1 aromatic rings. The number of anilines is 1. The quantitative estimate of drug-likeness (QED) is 0.793. The largest absolute Gasteiger partial charge is 0.369 e. The van der Waals surface area contributed by atoms with Gasteiger partial charge in [-0.3, -0.25) is 0 Å². The van der Waals surface area contributed by atoms with Crippen molar-refractivity contribution in [3.8, 4) is 0 Å². The Labute approximate surface area is 132 Å². The second-order valence-corrected chi connectivity index (χ2v) is 8.54. The lowest BCUT2D eigenvalue weighted by atomic mass is 10.0. The summed E-state index contributed by atoms with van der Waals surface area (Å²) in [6.45, 7) is 5.18. The molecule has 0 saturated carbocycles. The first-order chi connectivity index (χ1) is 9.81. The molecule has 5 nitrogen and oxygen atoms in total. The van der Waals surface area contributed by atoms with E-state index in [4.69, 9.17) is 0 Å². The minimum atomic E-state index is -3.41. The van der Waals surface area contributed by atoms with Crippen LogP contribution in [0.1, 0.15) is 26.7 Å². The van der Waals surface area contributed by atoms with Gasteiger partial charge in [-0.2, -0.15) is 11.8 Å². The summed E-state index contributed by atoms with van der Waals surface area (Å²) in [7, 11) is -0.391. The van der Waals surface area contributed by atoms with Crippen LogP contribution in [-0.4, -0.2) is 49.3 Å². The van der Waals surface area contributed by atoms with Crippen molar-refractivity contribution in [3.05, 3.63) is 18.3 Å². The van der Waals surface area contributed by atoms with E-state index in [1.54, 1.807) is 12.1 Å². The fourth-order valence-corrected chi connectivity index (χ4v) is 3.60. The predicted molar refractivity (Wildman–Crippen MR) is 90.4 cm³/mol. The topological polar surface area (TPSA) is 62.3 Å². The zero-order valence-corrected chi connectivity index (χ0v) is 15.0. The Bertz CT molecular complexity index is 530. The lowest BCUT2D eigenvalue weighted by Crippen LogP contribution is -2.32. The van der Waals surface area contributed by atoms with E-state index in [-0.39, 0.29) is 9.64 Å². The Hall–Kier alpha value is -0.790. The van der Waals surface area contributed by atoms with Crippen LogP contribution in [-0.2, 0) is 10.0 Å². The van der Waals surface area contributed by atoms with Crippen molar-refractivity contribution < 1.29 is 8.42 Å². The van der Waals surface area contributed by atoms with Crippen molar-refractivity contribution in [2.45, 2.75) is 36.3 Å². The molecule has 0 aliphatic rings. The highest BCUT2D eigenvalue weighted by molar-refractivity contribution is 8.00. The van der Waals surface area contributed by atoms with Crippen LogP contribution in [0.2, 0.25) is 0 Å². The number of nitrogens with one attached hydrogen (secondary N) is 1. The average molecular weight is 332 g/mol. The van der Waals surface area contributed by atoms with Gasteiger partial charge in [0.15, 0.2) is 0 Å². The number of hydrogen-bond acceptors (Lipinski definition) is 5. The number of thioether (sulfide) groups is 1. The Morgan fingerprint density at radius 3 is 2.29 bits per heavy atom. The standard InChI is InChI=1S/C14H25N3O2S2/c1-6-14(7-2,20-5)11-16-13-9-8-12(10-15-13)21(18,19)17(3)4/h8-10H,6-7,11H2,1-5H3,(H,15,16). The van der Waals surface area contributed by atoms with Crippen molar-refractivity contribution in [1.29, 1.82) is 0 Å². The number of pyridine rings is 1. The van der Waals surface area contributed by atoms with Gasteiger partial charge in [-0.1, -0.05) is 13.8 Å². The van der Waals surface area contributed by atoms with E-state index in [0.717, 1.165) is 19.4 Å². The van der Waals surface area contributed by atoms with E-state index in [2.05, 4.69) is 30.4 Å². The molecule has 1 heterocycles. The third-order valence-corrected chi connectivity index (χ3v) is 7.21. The molecule has 21 heavy (non-hydrogen) atoms. The van der Waals surface area contributed by atoms with Gasteiger partial charge in [0.25, 0.3) is 0 Å². The molecule has 0 bridgehead atoms. The molecule has 7 heteroatoms. The lowest BCUT2D eigenvalue weighted by Gasteiger charge is -2.30. The minimum absolute atomic E-state index is 0.191. The minimum Gasteiger partial charge on any atom is -0.369 e. The van der Waals surface area contributed by atoms with Crippen LogP contribution < -0.4 is 5.32 Å². The van der Waals surface area contributed by atoms with Crippen LogP contribution in [0.3, 0.4) is 0 Å². The van der Waals surface area contributed by atoms with Gasteiger partial charge < -0.3 is 5.32 Å². The van der Waals surface area contributed by atoms with E-state index in [1.807, 2.05) is 11.8 Å². The summed E-state index contributed by atoms with van der Waals surface area (Å²) in [5.74, 6) is 0.702. The molecule has 0 fully saturated rings. The van der Waals surface area contributed by atoms with Crippen LogP contribution in [0.4, 0.5) is 5.82 Å². The molecule has 0 amide bonds. The van der Waals surface area contributed by atoms with Crippen LogP contribution in [0, 0.1) is 0 Å². The van der Waals surface area contributed by atoms with E-state index in [0.29, 0.717) is 5.82 Å². The number of hydrogen-bond donors (Lipinski definition) is 1. The number of sulfonamides is 1.